The zero-order valence-corrected chi connectivity index (χ0v) is 17.1. The quantitative estimate of drug-likeness (QED) is 0.593. The molecule has 2 aromatic carbocycles. The van der Waals surface area contributed by atoms with Crippen LogP contribution in [0.2, 0.25) is 5.02 Å². The molecule has 0 aliphatic heterocycles. The normalized spacial score (nSPS) is 11.9. The molecule has 144 valence electrons. The molecule has 1 atom stereocenters. The molecule has 0 radical (unpaired) electrons. The first-order chi connectivity index (χ1) is 12.1. The first-order valence-electron chi connectivity index (χ1n) is 8.83. The number of aliphatic hydroxyl groups is 1. The predicted molar refractivity (Wildman–Crippen MR) is 112 cm³/mol. The van der Waals surface area contributed by atoms with Crippen LogP contribution in [0.3, 0.4) is 0 Å². The fourth-order valence-corrected chi connectivity index (χ4v) is 3.07. The topological polar surface area (TPSA) is 32.7 Å². The van der Waals surface area contributed by atoms with E-state index in [2.05, 4.69) is 12.1 Å². The molecule has 1 unspecified atom stereocenters. The van der Waals surface area contributed by atoms with Crippen molar-refractivity contribution >= 4 is 24.0 Å². The molecular weight excluding hydrogens is 369 g/mol. The van der Waals surface area contributed by atoms with E-state index in [1.807, 2.05) is 55.4 Å². The number of hydrogen-bond acceptors (Lipinski definition) is 3. The van der Waals surface area contributed by atoms with Crippen molar-refractivity contribution in [1.82, 2.24) is 4.90 Å². The number of likely N-dealkylation sites (N-methyl/N-ethyl adjacent to an activating group) is 1. The van der Waals surface area contributed by atoms with E-state index in [1.165, 1.54) is 11.1 Å². The Morgan fingerprint density at radius 1 is 0.962 bits per heavy atom. The Hall–Kier alpha value is -1.26. The van der Waals surface area contributed by atoms with Gasteiger partial charge in [-0.25, -0.2) is 0 Å². The van der Waals surface area contributed by atoms with Gasteiger partial charge in [-0.1, -0.05) is 48.0 Å². The Kier molecular flexibility index (Phi) is 10.7. The Labute approximate surface area is 168 Å². The molecule has 2 aromatic rings. The van der Waals surface area contributed by atoms with Crippen LogP contribution in [-0.2, 0) is 12.8 Å². The van der Waals surface area contributed by atoms with Crippen LogP contribution in [0.1, 0.15) is 24.0 Å². The van der Waals surface area contributed by atoms with Gasteiger partial charge in [-0.3, -0.25) is 0 Å². The summed E-state index contributed by atoms with van der Waals surface area (Å²) in [5.74, 6) is 0.873. The molecule has 0 fully saturated rings. The molecule has 5 heteroatoms. The van der Waals surface area contributed by atoms with Crippen molar-refractivity contribution in [2.24, 2.45) is 0 Å². The molecule has 3 nitrogen and oxygen atoms in total. The van der Waals surface area contributed by atoms with E-state index < -0.39 is 6.10 Å². The van der Waals surface area contributed by atoms with E-state index in [-0.39, 0.29) is 12.4 Å². The van der Waals surface area contributed by atoms with Gasteiger partial charge in [0.05, 0.1) is 0 Å². The maximum atomic E-state index is 9.96. The van der Waals surface area contributed by atoms with E-state index in [0.29, 0.717) is 13.2 Å². The fourth-order valence-electron chi connectivity index (χ4n) is 2.84. The highest BCUT2D eigenvalue weighted by Gasteiger charge is 2.09. The molecule has 0 saturated carbocycles. The highest BCUT2D eigenvalue weighted by molar-refractivity contribution is 6.31. The third-order valence-corrected chi connectivity index (χ3v) is 4.45. The molecule has 0 heterocycles. The molecule has 0 aliphatic carbocycles. The average Bonchev–Trinajstić information content (AvgIpc) is 2.58. The smallest absolute Gasteiger partial charge is 0.122 e. The first kappa shape index (κ1) is 22.8. The van der Waals surface area contributed by atoms with Gasteiger partial charge in [-0.05, 0) is 63.0 Å². The number of aliphatic hydroxyl groups excluding tert-OH is 1. The lowest BCUT2D eigenvalue weighted by Crippen LogP contribution is -2.30. The number of benzene rings is 2. The molecule has 26 heavy (non-hydrogen) atoms. The summed E-state index contributed by atoms with van der Waals surface area (Å²) in [4.78, 5) is 1.95. The van der Waals surface area contributed by atoms with Crippen molar-refractivity contribution in [2.45, 2.75) is 31.8 Å². The number of para-hydroxylation sites is 1. The van der Waals surface area contributed by atoms with Gasteiger partial charge in [-0.15, -0.1) is 12.4 Å². The number of aryl methyl sites for hydroxylation is 2. The van der Waals surface area contributed by atoms with Crippen molar-refractivity contribution in [3.8, 4) is 5.75 Å². The van der Waals surface area contributed by atoms with Gasteiger partial charge < -0.3 is 14.7 Å². The SMILES string of the molecule is CN(C)CC(O)COc1ccccc1CCCCc1ccccc1Cl.Cl. The van der Waals surface area contributed by atoms with E-state index in [4.69, 9.17) is 16.3 Å². The van der Waals surface area contributed by atoms with Crippen LogP contribution in [-0.4, -0.2) is 43.4 Å². The van der Waals surface area contributed by atoms with Gasteiger partial charge in [-0.2, -0.15) is 0 Å². The van der Waals surface area contributed by atoms with Crippen LogP contribution in [0, 0.1) is 0 Å². The number of ether oxygens (including phenoxy) is 1. The van der Waals surface area contributed by atoms with Crippen LogP contribution in [0.15, 0.2) is 48.5 Å². The Bertz CT molecular complexity index is 649. The van der Waals surface area contributed by atoms with E-state index in [9.17, 15) is 5.11 Å². The minimum atomic E-state index is -0.483. The van der Waals surface area contributed by atoms with Gasteiger partial charge in [0.1, 0.15) is 18.5 Å². The second-order valence-electron chi connectivity index (χ2n) is 6.63. The van der Waals surface area contributed by atoms with E-state index in [0.717, 1.165) is 36.5 Å². The number of halogens is 2. The van der Waals surface area contributed by atoms with Gasteiger partial charge >= 0.3 is 0 Å². The highest BCUT2D eigenvalue weighted by Crippen LogP contribution is 2.22. The van der Waals surface area contributed by atoms with Gasteiger partial charge in [0, 0.05) is 11.6 Å². The van der Waals surface area contributed by atoms with E-state index >= 15 is 0 Å². The zero-order valence-electron chi connectivity index (χ0n) is 15.5. The third-order valence-electron chi connectivity index (χ3n) is 4.08. The number of unbranched alkanes of at least 4 members (excludes halogenated alkanes) is 1. The van der Waals surface area contributed by atoms with Crippen LogP contribution >= 0.6 is 24.0 Å². The lowest BCUT2D eigenvalue weighted by Gasteiger charge is -2.18. The summed E-state index contributed by atoms with van der Waals surface area (Å²) in [6, 6.07) is 16.1. The summed E-state index contributed by atoms with van der Waals surface area (Å²) in [5.41, 5.74) is 2.40. The van der Waals surface area contributed by atoms with Crippen LogP contribution < -0.4 is 4.74 Å². The lowest BCUT2D eigenvalue weighted by molar-refractivity contribution is 0.0827. The van der Waals surface area contributed by atoms with Crippen molar-refractivity contribution < 1.29 is 9.84 Å². The molecule has 0 amide bonds. The molecule has 0 spiro atoms. The summed E-state index contributed by atoms with van der Waals surface area (Å²) >= 11 is 6.21. The van der Waals surface area contributed by atoms with Crippen LogP contribution in [0.5, 0.6) is 5.75 Å². The average molecular weight is 398 g/mol. The molecule has 0 aromatic heterocycles. The summed E-state index contributed by atoms with van der Waals surface area (Å²) < 4.78 is 5.84. The fraction of sp³-hybridized carbons (Fsp3) is 0.429. The minimum Gasteiger partial charge on any atom is -0.491 e. The second-order valence-corrected chi connectivity index (χ2v) is 7.04. The van der Waals surface area contributed by atoms with Gasteiger partial charge in [0.15, 0.2) is 0 Å². The van der Waals surface area contributed by atoms with Gasteiger partial charge in [0.25, 0.3) is 0 Å². The minimum absolute atomic E-state index is 0. The Morgan fingerprint density at radius 3 is 2.19 bits per heavy atom. The standard InChI is InChI=1S/C21H28ClNO2.ClH/c1-23(2)15-19(24)16-25-21-14-8-6-12-18(21)11-4-3-9-17-10-5-7-13-20(17)22;/h5-8,10,12-14,19,24H,3-4,9,11,15-16H2,1-2H3;1H. The van der Waals surface area contributed by atoms with Crippen LogP contribution in [0.4, 0.5) is 0 Å². The van der Waals surface area contributed by atoms with Gasteiger partial charge in [0.2, 0.25) is 0 Å². The van der Waals surface area contributed by atoms with Crippen LogP contribution in [0.25, 0.3) is 0 Å². The highest BCUT2D eigenvalue weighted by atomic mass is 35.5. The van der Waals surface area contributed by atoms with Crippen molar-refractivity contribution in [2.75, 3.05) is 27.2 Å². The van der Waals surface area contributed by atoms with E-state index in [1.54, 1.807) is 0 Å². The lowest BCUT2D eigenvalue weighted by atomic mass is 10.0. The predicted octanol–water partition coefficient (Wildman–Crippen LogP) is 4.63. The molecular formula is C21H29Cl2NO2. The molecule has 0 saturated heterocycles. The Morgan fingerprint density at radius 2 is 1.54 bits per heavy atom. The largest absolute Gasteiger partial charge is 0.491 e. The maximum absolute atomic E-state index is 9.96. The molecule has 2 rings (SSSR count). The maximum Gasteiger partial charge on any atom is 0.122 e. The number of nitrogens with zero attached hydrogens (tertiary/aromatic N) is 1. The monoisotopic (exact) mass is 397 g/mol. The number of rotatable bonds is 10. The molecule has 0 bridgehead atoms. The Balaban J connectivity index is 0.00000338. The third kappa shape index (κ3) is 7.96. The van der Waals surface area contributed by atoms with Crippen molar-refractivity contribution in [1.29, 1.82) is 0 Å². The second kappa shape index (κ2) is 12.2. The summed E-state index contributed by atoms with van der Waals surface area (Å²) in [7, 11) is 3.88. The molecule has 1 N–H and O–H groups in total. The zero-order chi connectivity index (χ0) is 18.1. The molecule has 0 aliphatic rings. The van der Waals surface area contributed by atoms with Crippen molar-refractivity contribution in [3.63, 3.8) is 0 Å². The van der Waals surface area contributed by atoms with Crippen molar-refractivity contribution in [3.05, 3.63) is 64.7 Å². The summed E-state index contributed by atoms with van der Waals surface area (Å²) in [6.07, 6.45) is 3.63. The summed E-state index contributed by atoms with van der Waals surface area (Å²) in [5, 5.41) is 10.8. The number of hydrogen-bond donors (Lipinski definition) is 1. The first-order valence-corrected chi connectivity index (χ1v) is 9.21. The summed E-state index contributed by atoms with van der Waals surface area (Å²) in [6.45, 7) is 0.912.